The van der Waals surface area contributed by atoms with Crippen molar-refractivity contribution in [3.8, 4) is 5.75 Å². The number of ether oxygens (including phenoxy) is 2. The number of amides is 2. The van der Waals surface area contributed by atoms with Crippen LogP contribution in [0.15, 0.2) is 46.0 Å². The second kappa shape index (κ2) is 12.1. The first-order chi connectivity index (χ1) is 14.8. The molecule has 0 aromatic heterocycles. The van der Waals surface area contributed by atoms with Crippen molar-refractivity contribution in [2.24, 2.45) is 5.10 Å². The van der Waals surface area contributed by atoms with Gasteiger partial charge in [-0.2, -0.15) is 5.10 Å². The summed E-state index contributed by atoms with van der Waals surface area (Å²) >= 11 is 9.36. The molecule has 0 aliphatic rings. The van der Waals surface area contributed by atoms with Crippen molar-refractivity contribution in [2.75, 3.05) is 18.5 Å². The molecule has 0 aliphatic carbocycles. The molecule has 0 spiro atoms. The number of esters is 1. The van der Waals surface area contributed by atoms with E-state index in [1.165, 1.54) is 6.21 Å². The van der Waals surface area contributed by atoms with E-state index in [0.717, 1.165) is 5.56 Å². The fourth-order valence-electron chi connectivity index (χ4n) is 2.29. The highest BCUT2D eigenvalue weighted by Crippen LogP contribution is 2.25. The zero-order chi connectivity index (χ0) is 22.8. The number of nitrogens with one attached hydrogen (secondary N) is 2. The Morgan fingerprint density at radius 1 is 1.16 bits per heavy atom. The van der Waals surface area contributed by atoms with Gasteiger partial charge in [0, 0.05) is 10.7 Å². The molecule has 31 heavy (non-hydrogen) atoms. The molecule has 0 saturated heterocycles. The van der Waals surface area contributed by atoms with E-state index in [0.29, 0.717) is 26.5 Å². The number of nitrogens with zero attached hydrogens (tertiary/aromatic N) is 1. The molecule has 0 saturated carbocycles. The number of carbonyl (C=O) groups excluding carboxylic acids is 3. The van der Waals surface area contributed by atoms with Crippen molar-refractivity contribution in [1.29, 1.82) is 0 Å². The van der Waals surface area contributed by atoms with Gasteiger partial charge in [0.05, 0.1) is 17.3 Å². The molecule has 0 bridgehead atoms. The van der Waals surface area contributed by atoms with Crippen LogP contribution in [0, 0.1) is 6.92 Å². The maximum atomic E-state index is 12.0. The summed E-state index contributed by atoms with van der Waals surface area (Å²) in [5, 5.41) is 6.96. The third kappa shape index (κ3) is 8.39. The summed E-state index contributed by atoms with van der Waals surface area (Å²) in [5.41, 5.74) is 4.35. The number of hydrazone groups is 1. The number of hydrogen-bond donors (Lipinski definition) is 2. The summed E-state index contributed by atoms with van der Waals surface area (Å²) in [5.74, 6) is -1.06. The molecule has 0 heterocycles. The van der Waals surface area contributed by atoms with Gasteiger partial charge < -0.3 is 14.8 Å². The quantitative estimate of drug-likeness (QED) is 0.231. The van der Waals surface area contributed by atoms with Crippen LogP contribution in [0.25, 0.3) is 0 Å². The second-order valence-electron chi connectivity index (χ2n) is 6.27. The Labute approximate surface area is 193 Å². The van der Waals surface area contributed by atoms with Crippen molar-refractivity contribution >= 4 is 57.2 Å². The molecule has 0 atom stereocenters. The molecule has 2 amide bonds. The fraction of sp³-hybridized carbons (Fsp3) is 0.238. The van der Waals surface area contributed by atoms with Crippen molar-refractivity contribution in [3.05, 3.63) is 57.0 Å². The molecular weight excluding hydrogens is 490 g/mol. The number of rotatable bonds is 9. The van der Waals surface area contributed by atoms with Crippen molar-refractivity contribution in [2.45, 2.75) is 20.3 Å². The first-order valence-corrected chi connectivity index (χ1v) is 10.4. The summed E-state index contributed by atoms with van der Waals surface area (Å²) in [4.78, 5) is 35.2. The lowest BCUT2D eigenvalue weighted by atomic mass is 10.2. The van der Waals surface area contributed by atoms with E-state index in [1.54, 1.807) is 43.3 Å². The van der Waals surface area contributed by atoms with Gasteiger partial charge in [0.15, 0.2) is 6.61 Å². The van der Waals surface area contributed by atoms with Crippen LogP contribution in [-0.4, -0.2) is 37.2 Å². The second-order valence-corrected chi connectivity index (χ2v) is 7.53. The van der Waals surface area contributed by atoms with Gasteiger partial charge in [-0.05, 0) is 71.2 Å². The molecule has 10 heteroatoms. The zero-order valence-corrected chi connectivity index (χ0v) is 19.2. The minimum absolute atomic E-state index is 0.202. The average Bonchev–Trinajstić information content (AvgIpc) is 2.70. The third-order valence-corrected chi connectivity index (χ3v) is 4.81. The summed E-state index contributed by atoms with van der Waals surface area (Å²) < 4.78 is 10.8. The predicted octanol–water partition coefficient (Wildman–Crippen LogP) is 3.83. The standard InChI is InChI=1S/C21H21BrClN3O5/c1-3-30-21(29)12-31-18-7-5-14(8-16(18)22)11-24-26-20(28)10-19(27)25-15-6-4-13(2)17(23)9-15/h4-9,11H,3,10,12H2,1-2H3,(H,25,27)(H,26,28). The van der Waals surface area contributed by atoms with Gasteiger partial charge in [0.25, 0.3) is 0 Å². The van der Waals surface area contributed by atoms with E-state index in [1.807, 2.05) is 6.92 Å². The zero-order valence-electron chi connectivity index (χ0n) is 16.9. The maximum absolute atomic E-state index is 12.0. The highest BCUT2D eigenvalue weighted by atomic mass is 79.9. The van der Waals surface area contributed by atoms with Crippen LogP contribution in [0.4, 0.5) is 5.69 Å². The van der Waals surface area contributed by atoms with E-state index in [9.17, 15) is 14.4 Å². The summed E-state index contributed by atoms with van der Waals surface area (Å²) in [6, 6.07) is 10.1. The van der Waals surface area contributed by atoms with Crippen LogP contribution in [0.5, 0.6) is 5.75 Å². The molecule has 164 valence electrons. The van der Waals surface area contributed by atoms with Gasteiger partial charge in [0.2, 0.25) is 11.8 Å². The van der Waals surface area contributed by atoms with Crippen molar-refractivity contribution in [1.82, 2.24) is 5.43 Å². The van der Waals surface area contributed by atoms with E-state index < -0.39 is 24.2 Å². The SMILES string of the molecule is CCOC(=O)COc1ccc(C=NNC(=O)CC(=O)Nc2ccc(C)c(Cl)c2)cc1Br. The highest BCUT2D eigenvalue weighted by molar-refractivity contribution is 9.10. The molecular formula is C21H21BrClN3O5. The van der Waals surface area contributed by atoms with E-state index in [4.69, 9.17) is 21.1 Å². The molecule has 2 rings (SSSR count). The number of aryl methyl sites for hydroxylation is 1. The number of hydrogen-bond acceptors (Lipinski definition) is 6. The monoisotopic (exact) mass is 509 g/mol. The number of halogens is 2. The molecule has 0 aliphatic heterocycles. The van der Waals surface area contributed by atoms with Gasteiger partial charge in [-0.1, -0.05) is 17.7 Å². The predicted molar refractivity (Wildman–Crippen MR) is 121 cm³/mol. The minimum atomic E-state index is -0.569. The molecule has 0 unspecified atom stereocenters. The van der Waals surface area contributed by atoms with Crippen LogP contribution in [0.2, 0.25) is 5.02 Å². The van der Waals surface area contributed by atoms with Crippen molar-refractivity contribution < 1.29 is 23.9 Å². The van der Waals surface area contributed by atoms with Crippen LogP contribution >= 0.6 is 27.5 Å². The van der Waals surface area contributed by atoms with Gasteiger partial charge in [-0.3, -0.25) is 9.59 Å². The van der Waals surface area contributed by atoms with Crippen LogP contribution in [-0.2, 0) is 19.1 Å². The van der Waals surface area contributed by atoms with Gasteiger partial charge in [0.1, 0.15) is 12.2 Å². The molecule has 0 radical (unpaired) electrons. The summed E-state index contributed by atoms with van der Waals surface area (Å²) in [6.07, 6.45) is 1.02. The lowest BCUT2D eigenvalue weighted by Crippen LogP contribution is -2.24. The average molecular weight is 511 g/mol. The number of anilines is 1. The first kappa shape index (κ1) is 24.4. The summed E-state index contributed by atoms with van der Waals surface area (Å²) in [6.45, 7) is 3.65. The Kier molecular flexibility index (Phi) is 9.48. The number of carbonyl (C=O) groups is 3. The topological polar surface area (TPSA) is 106 Å². The lowest BCUT2D eigenvalue weighted by Gasteiger charge is -2.08. The molecule has 8 nitrogen and oxygen atoms in total. The van der Waals surface area contributed by atoms with Crippen molar-refractivity contribution in [3.63, 3.8) is 0 Å². The highest BCUT2D eigenvalue weighted by Gasteiger charge is 2.10. The van der Waals surface area contributed by atoms with Gasteiger partial charge in [-0.25, -0.2) is 10.2 Å². The van der Waals surface area contributed by atoms with E-state index >= 15 is 0 Å². The Balaban J connectivity index is 1.82. The maximum Gasteiger partial charge on any atom is 0.344 e. The first-order valence-electron chi connectivity index (χ1n) is 9.24. The Morgan fingerprint density at radius 2 is 1.94 bits per heavy atom. The Hall–Kier alpha value is -2.91. The fourth-order valence-corrected chi connectivity index (χ4v) is 2.99. The largest absolute Gasteiger partial charge is 0.481 e. The molecule has 2 aromatic carbocycles. The lowest BCUT2D eigenvalue weighted by molar-refractivity contribution is -0.145. The minimum Gasteiger partial charge on any atom is -0.481 e. The normalized spacial score (nSPS) is 10.6. The van der Waals surface area contributed by atoms with Crippen LogP contribution < -0.4 is 15.5 Å². The van der Waals surface area contributed by atoms with Crippen LogP contribution in [0.1, 0.15) is 24.5 Å². The smallest absolute Gasteiger partial charge is 0.344 e. The van der Waals surface area contributed by atoms with Crippen LogP contribution in [0.3, 0.4) is 0 Å². The molecule has 2 aromatic rings. The molecule has 2 N–H and O–H groups in total. The Morgan fingerprint density at radius 3 is 2.61 bits per heavy atom. The van der Waals surface area contributed by atoms with Gasteiger partial charge in [-0.15, -0.1) is 0 Å². The van der Waals surface area contributed by atoms with E-state index in [-0.39, 0.29) is 13.2 Å². The number of benzene rings is 2. The molecule has 0 fully saturated rings. The third-order valence-electron chi connectivity index (χ3n) is 3.79. The van der Waals surface area contributed by atoms with Gasteiger partial charge >= 0.3 is 5.97 Å². The Bertz CT molecular complexity index is 997. The van der Waals surface area contributed by atoms with E-state index in [2.05, 4.69) is 31.8 Å². The summed E-state index contributed by atoms with van der Waals surface area (Å²) in [7, 11) is 0.